The lowest BCUT2D eigenvalue weighted by Crippen LogP contribution is -2.61. The van der Waals surface area contributed by atoms with Gasteiger partial charge in [0.25, 0.3) is 5.69 Å². The van der Waals surface area contributed by atoms with Crippen LogP contribution in [0.2, 0.25) is 0 Å². The van der Waals surface area contributed by atoms with Crippen LogP contribution < -0.4 is 10.2 Å². The molecule has 2 unspecified atom stereocenters. The largest absolute Gasteiger partial charge is 0.379 e. The minimum Gasteiger partial charge on any atom is -0.379 e. The van der Waals surface area contributed by atoms with Crippen LogP contribution in [0.25, 0.3) is 0 Å². The first-order valence-electron chi connectivity index (χ1n) is 12.6. The lowest BCUT2D eigenvalue weighted by molar-refractivity contribution is -0.384. The average Bonchev–Trinajstić information content (AvgIpc) is 2.89. The molecule has 2 fully saturated rings. The maximum Gasteiger partial charge on any atom is 0.269 e. The third kappa shape index (κ3) is 5.50. The van der Waals surface area contributed by atoms with E-state index in [-0.39, 0.29) is 34.3 Å². The van der Waals surface area contributed by atoms with Gasteiger partial charge >= 0.3 is 0 Å². The number of rotatable bonds is 7. The maximum absolute atomic E-state index is 13.5. The lowest BCUT2D eigenvalue weighted by atomic mass is 9.83. The van der Waals surface area contributed by atoms with Crippen molar-refractivity contribution in [1.82, 2.24) is 15.1 Å². The fourth-order valence-electron chi connectivity index (χ4n) is 5.57. The van der Waals surface area contributed by atoms with Gasteiger partial charge in [-0.2, -0.15) is 0 Å². The summed E-state index contributed by atoms with van der Waals surface area (Å²) in [5.41, 5.74) is 2.90. The first-order chi connectivity index (χ1) is 17.5. The number of ether oxygens (including phenoxy) is 1. The van der Waals surface area contributed by atoms with Crippen molar-refractivity contribution in [3.8, 4) is 0 Å². The molecule has 2 aromatic carbocycles. The molecular formula is C26H32FN5O4. The monoisotopic (exact) mass is 497 g/mol. The number of carbonyl (C=O) groups is 1. The summed E-state index contributed by atoms with van der Waals surface area (Å²) in [6.07, 6.45) is 0.464. The predicted molar refractivity (Wildman–Crippen MR) is 133 cm³/mol. The van der Waals surface area contributed by atoms with Crippen molar-refractivity contribution in [1.29, 1.82) is 0 Å². The third-order valence-electron chi connectivity index (χ3n) is 7.48. The minimum atomic E-state index is -0.385. The van der Waals surface area contributed by atoms with Gasteiger partial charge in [0.2, 0.25) is 5.91 Å². The Morgan fingerprint density at radius 1 is 1.08 bits per heavy atom. The number of fused-ring (bicyclic) bond motifs is 3. The molecule has 9 nitrogen and oxygen atoms in total. The van der Waals surface area contributed by atoms with E-state index in [1.54, 1.807) is 24.3 Å². The normalized spacial score (nSPS) is 22.5. The summed E-state index contributed by atoms with van der Waals surface area (Å²) in [4.78, 5) is 31.3. The quantitative estimate of drug-likeness (QED) is 0.463. The van der Waals surface area contributed by atoms with Gasteiger partial charge in [-0.15, -0.1) is 0 Å². The number of hydrogen-bond donors (Lipinski definition) is 1. The first kappa shape index (κ1) is 24.6. The summed E-state index contributed by atoms with van der Waals surface area (Å²) >= 11 is 0. The fraction of sp³-hybridized carbons (Fsp3) is 0.500. The second kappa shape index (κ2) is 10.9. The van der Waals surface area contributed by atoms with Crippen LogP contribution >= 0.6 is 0 Å². The fourth-order valence-corrected chi connectivity index (χ4v) is 5.57. The molecule has 0 radical (unpaired) electrons. The zero-order valence-corrected chi connectivity index (χ0v) is 20.3. The van der Waals surface area contributed by atoms with E-state index in [1.165, 1.54) is 12.1 Å². The number of anilines is 1. The van der Waals surface area contributed by atoms with Crippen molar-refractivity contribution in [3.05, 3.63) is 69.5 Å². The molecule has 0 saturated carbocycles. The highest BCUT2D eigenvalue weighted by Gasteiger charge is 2.42. The average molecular weight is 498 g/mol. The zero-order valence-electron chi connectivity index (χ0n) is 20.3. The van der Waals surface area contributed by atoms with Gasteiger partial charge in [0, 0.05) is 70.2 Å². The Kier molecular flexibility index (Phi) is 7.45. The van der Waals surface area contributed by atoms with E-state index in [1.807, 2.05) is 6.07 Å². The van der Waals surface area contributed by atoms with Crippen LogP contribution in [0, 0.1) is 21.8 Å². The molecule has 0 aromatic heterocycles. The molecule has 1 N–H and O–H groups in total. The van der Waals surface area contributed by atoms with E-state index >= 15 is 0 Å². The summed E-state index contributed by atoms with van der Waals surface area (Å²) in [7, 11) is 0. The highest BCUT2D eigenvalue weighted by atomic mass is 19.1. The van der Waals surface area contributed by atoms with Crippen LogP contribution in [0.3, 0.4) is 0 Å². The van der Waals surface area contributed by atoms with Crippen LogP contribution in [0.15, 0.2) is 42.5 Å². The minimum absolute atomic E-state index is 0.0148. The summed E-state index contributed by atoms with van der Waals surface area (Å²) in [6.45, 7) is 7.37. The smallest absolute Gasteiger partial charge is 0.269 e. The molecule has 3 heterocycles. The Balaban J connectivity index is 1.32. The first-order valence-corrected chi connectivity index (χ1v) is 12.6. The molecule has 3 aliphatic heterocycles. The maximum atomic E-state index is 13.5. The molecule has 0 aliphatic carbocycles. The molecule has 0 bridgehead atoms. The molecule has 10 heteroatoms. The predicted octanol–water partition coefficient (Wildman–Crippen LogP) is 2.05. The van der Waals surface area contributed by atoms with Crippen LogP contribution in [0.1, 0.15) is 11.1 Å². The molecule has 2 atom stereocenters. The molecule has 1 amide bonds. The van der Waals surface area contributed by atoms with E-state index in [9.17, 15) is 19.3 Å². The van der Waals surface area contributed by atoms with E-state index < -0.39 is 0 Å². The van der Waals surface area contributed by atoms with Crippen LogP contribution in [0.4, 0.5) is 15.8 Å². The molecule has 36 heavy (non-hydrogen) atoms. The number of amides is 1. The van der Waals surface area contributed by atoms with Gasteiger partial charge in [0.1, 0.15) is 5.82 Å². The zero-order chi connectivity index (χ0) is 25.1. The molecule has 0 spiro atoms. The lowest BCUT2D eigenvalue weighted by Gasteiger charge is -2.49. The van der Waals surface area contributed by atoms with Gasteiger partial charge in [-0.05, 0) is 35.7 Å². The van der Waals surface area contributed by atoms with Gasteiger partial charge in [-0.25, -0.2) is 4.39 Å². The van der Waals surface area contributed by atoms with E-state index in [2.05, 4.69) is 20.0 Å². The molecular weight excluding hydrogens is 465 g/mol. The number of nitro groups is 1. The number of hydrogen-bond acceptors (Lipinski definition) is 7. The second-order valence-electron chi connectivity index (χ2n) is 9.75. The number of nitrogens with one attached hydrogen (secondary N) is 1. The van der Waals surface area contributed by atoms with Crippen LogP contribution in [-0.2, 0) is 22.5 Å². The summed E-state index contributed by atoms with van der Waals surface area (Å²) in [5, 5.41) is 14.5. The highest BCUT2D eigenvalue weighted by Crippen LogP contribution is 2.38. The van der Waals surface area contributed by atoms with Gasteiger partial charge in [-0.3, -0.25) is 24.7 Å². The van der Waals surface area contributed by atoms with Gasteiger partial charge in [-0.1, -0.05) is 12.1 Å². The van der Waals surface area contributed by atoms with E-state index in [0.717, 1.165) is 43.0 Å². The van der Waals surface area contributed by atoms with Crippen molar-refractivity contribution < 1.29 is 18.8 Å². The van der Waals surface area contributed by atoms with Crippen molar-refractivity contribution in [2.45, 2.75) is 19.0 Å². The Morgan fingerprint density at radius 3 is 2.61 bits per heavy atom. The van der Waals surface area contributed by atoms with Crippen molar-refractivity contribution in [2.75, 3.05) is 63.9 Å². The van der Waals surface area contributed by atoms with Gasteiger partial charge in [0.15, 0.2) is 0 Å². The molecule has 3 aliphatic rings. The Hall–Kier alpha value is -3.08. The molecule has 2 saturated heterocycles. The van der Waals surface area contributed by atoms with Crippen LogP contribution in [-0.4, -0.2) is 85.7 Å². The number of nitro benzene ring substituents is 1. The van der Waals surface area contributed by atoms with Crippen molar-refractivity contribution >= 4 is 17.3 Å². The van der Waals surface area contributed by atoms with Gasteiger partial charge in [0.05, 0.1) is 30.1 Å². The Bertz CT molecular complexity index is 1090. The SMILES string of the molecule is O=C(NCCN1CCOCC1)C1Cc2cc([N+](=O)[O-])ccc2N2CCN(Cc3ccc(F)cc3)CC12. The Morgan fingerprint density at radius 2 is 1.86 bits per heavy atom. The topological polar surface area (TPSA) is 91.2 Å². The summed E-state index contributed by atoms with van der Waals surface area (Å²) in [6, 6.07) is 11.5. The molecule has 192 valence electrons. The molecule has 5 rings (SSSR count). The standard InChI is InChI=1S/C26H32FN5O4/c27-21-3-1-19(2-4-21)17-30-9-10-31-24-6-5-22(32(34)35)15-20(24)16-23(25(31)18-30)26(33)28-7-8-29-11-13-36-14-12-29/h1-6,15,23,25H,7-14,16-18H2,(H,28,33). The van der Waals surface area contributed by atoms with Gasteiger partial charge < -0.3 is 15.0 Å². The van der Waals surface area contributed by atoms with Crippen LogP contribution in [0.5, 0.6) is 0 Å². The number of morpholine rings is 1. The Labute approximate surface area is 210 Å². The van der Waals surface area contributed by atoms with Crippen molar-refractivity contribution in [3.63, 3.8) is 0 Å². The second-order valence-corrected chi connectivity index (χ2v) is 9.75. The third-order valence-corrected chi connectivity index (χ3v) is 7.48. The summed E-state index contributed by atoms with van der Waals surface area (Å²) in [5.74, 6) is -0.588. The summed E-state index contributed by atoms with van der Waals surface area (Å²) < 4.78 is 18.7. The van der Waals surface area contributed by atoms with E-state index in [4.69, 9.17) is 4.74 Å². The molecule has 2 aromatic rings. The van der Waals surface area contributed by atoms with E-state index in [0.29, 0.717) is 45.8 Å². The number of nitrogens with zero attached hydrogens (tertiary/aromatic N) is 4. The number of non-ortho nitro benzene ring substituents is 1. The number of benzene rings is 2. The highest BCUT2D eigenvalue weighted by molar-refractivity contribution is 5.82. The number of carbonyl (C=O) groups excluding carboxylic acids is 1. The number of halogens is 1. The number of piperazine rings is 1. The van der Waals surface area contributed by atoms with Crippen molar-refractivity contribution in [2.24, 2.45) is 5.92 Å².